The zero-order valence-electron chi connectivity index (χ0n) is 18.2. The van der Waals surface area contributed by atoms with Gasteiger partial charge in [-0.25, -0.2) is 0 Å². The first-order valence-corrected chi connectivity index (χ1v) is 11.0. The Morgan fingerprint density at radius 3 is 2.10 bits per heavy atom. The zero-order chi connectivity index (χ0) is 20.9. The molecule has 2 N–H and O–H groups in total. The van der Waals surface area contributed by atoms with Gasteiger partial charge in [-0.3, -0.25) is 19.4 Å². The molecule has 2 saturated heterocycles. The molecule has 2 heterocycles. The minimum absolute atomic E-state index is 0.0226. The van der Waals surface area contributed by atoms with Crippen molar-refractivity contribution in [1.29, 1.82) is 0 Å². The molecule has 0 aromatic carbocycles. The van der Waals surface area contributed by atoms with Gasteiger partial charge in [0.15, 0.2) is 0 Å². The van der Waals surface area contributed by atoms with Crippen LogP contribution in [0, 0.1) is 5.41 Å². The Bertz CT molecular complexity index is 690. The molecule has 6 nitrogen and oxygen atoms in total. The summed E-state index contributed by atoms with van der Waals surface area (Å²) in [5.41, 5.74) is 1.78. The van der Waals surface area contributed by atoms with Crippen molar-refractivity contribution in [2.45, 2.75) is 52.5 Å². The van der Waals surface area contributed by atoms with Gasteiger partial charge in [-0.15, -0.1) is 0 Å². The van der Waals surface area contributed by atoms with Crippen LogP contribution in [0.3, 0.4) is 0 Å². The first-order valence-electron chi connectivity index (χ1n) is 11.0. The molecular formula is C23H36N4O2. The summed E-state index contributed by atoms with van der Waals surface area (Å²) in [7, 11) is 0. The van der Waals surface area contributed by atoms with E-state index in [-0.39, 0.29) is 23.3 Å². The van der Waals surface area contributed by atoms with Crippen molar-refractivity contribution in [1.82, 2.24) is 20.4 Å². The number of amides is 2. The van der Waals surface area contributed by atoms with Gasteiger partial charge in [0.05, 0.1) is 19.1 Å². The molecule has 3 aliphatic rings. The van der Waals surface area contributed by atoms with Crippen LogP contribution in [0.4, 0.5) is 0 Å². The van der Waals surface area contributed by atoms with Crippen molar-refractivity contribution in [2.75, 3.05) is 39.3 Å². The molecule has 0 radical (unpaired) electrons. The minimum atomic E-state index is -0.163. The van der Waals surface area contributed by atoms with E-state index >= 15 is 0 Å². The summed E-state index contributed by atoms with van der Waals surface area (Å²) in [6.45, 7) is 11.3. The van der Waals surface area contributed by atoms with Crippen molar-refractivity contribution >= 4 is 11.8 Å². The Hall–Kier alpha value is -1.92. The number of nitrogens with zero attached hydrogens (tertiary/aromatic N) is 2. The second kappa shape index (κ2) is 9.72. The lowest BCUT2D eigenvalue weighted by Gasteiger charge is -2.26. The average molecular weight is 401 g/mol. The molecule has 2 fully saturated rings. The van der Waals surface area contributed by atoms with Crippen LogP contribution < -0.4 is 10.6 Å². The molecule has 0 bridgehead atoms. The van der Waals surface area contributed by atoms with Gasteiger partial charge in [0.25, 0.3) is 0 Å². The summed E-state index contributed by atoms with van der Waals surface area (Å²) in [6, 6.07) is -0.163. The molecule has 1 aliphatic carbocycles. The van der Waals surface area contributed by atoms with Crippen molar-refractivity contribution in [2.24, 2.45) is 5.41 Å². The molecule has 1 atom stereocenters. The Kier molecular flexibility index (Phi) is 7.30. The van der Waals surface area contributed by atoms with Crippen molar-refractivity contribution in [3.8, 4) is 0 Å². The van der Waals surface area contributed by atoms with Crippen LogP contribution in [-0.4, -0.2) is 66.9 Å². The van der Waals surface area contributed by atoms with Crippen LogP contribution in [0.15, 0.2) is 35.6 Å². The molecule has 0 aromatic heterocycles. The lowest BCUT2D eigenvalue weighted by molar-refractivity contribution is -0.122. The summed E-state index contributed by atoms with van der Waals surface area (Å²) in [5, 5.41) is 6.18. The standard InChI is InChI=1S/C23H36N4O2/c1-23(2,3)15-18-14-19(24-21(28)16-26-10-4-5-11-26)8-9-20(18)25-22(29)17-27-12-6-7-13-27/h8-9,14-15,20H,4-7,10-13,16-17H2,1-3H3,(H,24,28)(H,25,29). The first-order chi connectivity index (χ1) is 13.8. The molecule has 2 amide bonds. The number of hydrogen-bond donors (Lipinski definition) is 2. The monoisotopic (exact) mass is 400 g/mol. The van der Waals surface area contributed by atoms with Gasteiger partial charge in [-0.1, -0.05) is 32.9 Å². The topological polar surface area (TPSA) is 64.7 Å². The van der Waals surface area contributed by atoms with Crippen molar-refractivity contribution in [3.63, 3.8) is 0 Å². The number of carbonyl (C=O) groups excluding carboxylic acids is 2. The van der Waals surface area contributed by atoms with E-state index in [0.717, 1.165) is 37.4 Å². The van der Waals surface area contributed by atoms with Crippen LogP contribution in [-0.2, 0) is 9.59 Å². The van der Waals surface area contributed by atoms with Gasteiger partial charge in [0, 0.05) is 5.70 Å². The SMILES string of the molecule is CC(C)(C)C=C1C=C(NC(=O)CN2CCCC2)C=CC1NC(=O)CN1CCCC1. The highest BCUT2D eigenvalue weighted by molar-refractivity contribution is 5.81. The molecule has 0 aromatic rings. The Morgan fingerprint density at radius 2 is 1.55 bits per heavy atom. The third-order valence-electron chi connectivity index (χ3n) is 5.48. The minimum Gasteiger partial charge on any atom is -0.345 e. The Balaban J connectivity index is 1.62. The summed E-state index contributed by atoms with van der Waals surface area (Å²) in [5.74, 6) is 0.0747. The molecule has 3 rings (SSSR count). The third-order valence-corrected chi connectivity index (χ3v) is 5.48. The molecule has 0 saturated carbocycles. The third kappa shape index (κ3) is 7.12. The Labute approximate surface area is 175 Å². The summed E-state index contributed by atoms with van der Waals surface area (Å²) in [6.07, 6.45) is 12.7. The van der Waals surface area contributed by atoms with Crippen LogP contribution in [0.5, 0.6) is 0 Å². The number of likely N-dealkylation sites (tertiary alicyclic amines) is 2. The van der Waals surface area contributed by atoms with E-state index in [0.29, 0.717) is 13.1 Å². The zero-order valence-corrected chi connectivity index (χ0v) is 18.2. The molecule has 2 aliphatic heterocycles. The highest BCUT2D eigenvalue weighted by Crippen LogP contribution is 2.24. The molecule has 6 heteroatoms. The van der Waals surface area contributed by atoms with Crippen LogP contribution >= 0.6 is 0 Å². The molecule has 1 unspecified atom stereocenters. The fraction of sp³-hybridized carbons (Fsp3) is 0.652. The van der Waals surface area contributed by atoms with E-state index in [2.05, 4.69) is 47.3 Å². The van der Waals surface area contributed by atoms with Gasteiger partial charge in [-0.2, -0.15) is 0 Å². The quantitative estimate of drug-likeness (QED) is 0.718. The fourth-order valence-electron chi connectivity index (χ4n) is 4.18. The summed E-state index contributed by atoms with van der Waals surface area (Å²) >= 11 is 0. The van der Waals surface area contributed by atoms with Gasteiger partial charge in [-0.05, 0) is 75.0 Å². The number of hydrogen-bond acceptors (Lipinski definition) is 4. The lowest BCUT2D eigenvalue weighted by Crippen LogP contribution is -2.42. The van der Waals surface area contributed by atoms with Crippen molar-refractivity contribution in [3.05, 3.63) is 35.6 Å². The molecule has 160 valence electrons. The first kappa shape index (κ1) is 21.8. The largest absolute Gasteiger partial charge is 0.345 e. The second-order valence-corrected chi connectivity index (χ2v) is 9.53. The van der Waals surface area contributed by atoms with E-state index in [4.69, 9.17) is 0 Å². The molecular weight excluding hydrogens is 364 g/mol. The van der Waals surface area contributed by atoms with Gasteiger partial charge in [0.2, 0.25) is 11.8 Å². The van der Waals surface area contributed by atoms with Gasteiger partial charge in [0.1, 0.15) is 0 Å². The number of rotatable bonds is 6. The van der Waals surface area contributed by atoms with Crippen LogP contribution in [0.25, 0.3) is 0 Å². The normalized spacial score (nSPS) is 24.7. The van der Waals surface area contributed by atoms with E-state index in [1.54, 1.807) is 0 Å². The summed E-state index contributed by atoms with van der Waals surface area (Å²) < 4.78 is 0. The highest BCUT2D eigenvalue weighted by Gasteiger charge is 2.23. The van der Waals surface area contributed by atoms with E-state index in [9.17, 15) is 9.59 Å². The second-order valence-electron chi connectivity index (χ2n) is 9.53. The average Bonchev–Trinajstić information content (AvgIpc) is 3.30. The predicted molar refractivity (Wildman–Crippen MR) is 116 cm³/mol. The number of allylic oxidation sites excluding steroid dienone is 2. The predicted octanol–water partition coefficient (Wildman–Crippen LogP) is 2.21. The van der Waals surface area contributed by atoms with E-state index < -0.39 is 0 Å². The van der Waals surface area contributed by atoms with Gasteiger partial charge < -0.3 is 10.6 Å². The smallest absolute Gasteiger partial charge is 0.238 e. The fourth-order valence-corrected chi connectivity index (χ4v) is 4.18. The highest BCUT2D eigenvalue weighted by atomic mass is 16.2. The van der Waals surface area contributed by atoms with E-state index in [1.165, 1.54) is 25.7 Å². The number of nitrogens with one attached hydrogen (secondary N) is 2. The molecule has 29 heavy (non-hydrogen) atoms. The maximum Gasteiger partial charge on any atom is 0.238 e. The van der Waals surface area contributed by atoms with Crippen LogP contribution in [0.2, 0.25) is 0 Å². The van der Waals surface area contributed by atoms with Crippen LogP contribution in [0.1, 0.15) is 46.5 Å². The summed E-state index contributed by atoms with van der Waals surface area (Å²) in [4.78, 5) is 29.3. The van der Waals surface area contributed by atoms with Crippen molar-refractivity contribution < 1.29 is 9.59 Å². The number of carbonyl (C=O) groups is 2. The Morgan fingerprint density at radius 1 is 1.00 bits per heavy atom. The maximum absolute atomic E-state index is 12.5. The van der Waals surface area contributed by atoms with E-state index in [1.807, 2.05) is 18.2 Å². The lowest BCUT2D eigenvalue weighted by atomic mass is 9.89. The molecule has 0 spiro atoms. The van der Waals surface area contributed by atoms with Gasteiger partial charge >= 0.3 is 0 Å². The maximum atomic E-state index is 12.5.